The Labute approximate surface area is 371 Å². The number of fused-ring (bicyclic) bond motifs is 6. The van der Waals surface area contributed by atoms with E-state index < -0.39 is 0 Å². The molecule has 0 atom stereocenters. The summed E-state index contributed by atoms with van der Waals surface area (Å²) in [6.07, 6.45) is 0. The predicted molar refractivity (Wildman–Crippen MR) is 267 cm³/mol. The molecule has 0 aliphatic rings. The van der Waals surface area contributed by atoms with Crippen molar-refractivity contribution in [3.8, 4) is 33.4 Å². The molecule has 0 saturated carbocycles. The monoisotopic (exact) mass is 820 g/mol. The molecule has 0 aliphatic heterocycles. The Hall–Kier alpha value is -8.60. The minimum Gasteiger partial charge on any atom is -0.455 e. The molecule has 4 nitrogen and oxygen atoms in total. The lowest BCUT2D eigenvalue weighted by atomic mass is 10.0. The molecule has 10 aromatic carbocycles. The molecule has 0 N–H and O–H groups in total. The number of hydrogen-bond donors (Lipinski definition) is 0. The summed E-state index contributed by atoms with van der Waals surface area (Å²) in [6.45, 7) is 0. The Bertz CT molecular complexity index is 3330. The highest BCUT2D eigenvalue weighted by Crippen LogP contribution is 2.42. The van der Waals surface area contributed by atoms with Crippen LogP contribution >= 0.6 is 0 Å². The number of anilines is 6. The van der Waals surface area contributed by atoms with Crippen LogP contribution in [0.15, 0.2) is 251 Å². The van der Waals surface area contributed by atoms with Crippen molar-refractivity contribution < 1.29 is 8.83 Å². The second kappa shape index (κ2) is 15.7. The van der Waals surface area contributed by atoms with E-state index >= 15 is 0 Å². The smallest absolute Gasteiger partial charge is 0.143 e. The summed E-state index contributed by atoms with van der Waals surface area (Å²) in [5.74, 6) is 0. The third-order valence-electron chi connectivity index (χ3n) is 12.3. The number of para-hydroxylation sites is 6. The normalized spacial score (nSPS) is 11.4. The van der Waals surface area contributed by atoms with Crippen LogP contribution in [0.3, 0.4) is 0 Å². The molecule has 2 heterocycles. The van der Waals surface area contributed by atoms with Gasteiger partial charge in [-0.1, -0.05) is 158 Å². The zero-order valence-corrected chi connectivity index (χ0v) is 34.8. The van der Waals surface area contributed by atoms with Crippen molar-refractivity contribution in [2.75, 3.05) is 9.80 Å². The minimum absolute atomic E-state index is 0.904. The second-order valence-electron chi connectivity index (χ2n) is 16.1. The van der Waals surface area contributed by atoms with Gasteiger partial charge < -0.3 is 18.6 Å². The molecule has 12 rings (SSSR count). The van der Waals surface area contributed by atoms with Gasteiger partial charge in [0.05, 0.1) is 0 Å². The summed E-state index contributed by atoms with van der Waals surface area (Å²) < 4.78 is 12.8. The lowest BCUT2D eigenvalue weighted by Gasteiger charge is -2.26. The summed E-state index contributed by atoms with van der Waals surface area (Å²) in [7, 11) is 0. The number of hydrogen-bond acceptors (Lipinski definition) is 4. The molecule has 0 unspecified atom stereocenters. The minimum atomic E-state index is 0.904. The lowest BCUT2D eigenvalue weighted by molar-refractivity contribution is 0.669. The van der Waals surface area contributed by atoms with E-state index in [1.807, 2.05) is 24.3 Å². The molecule has 0 bridgehead atoms. The molecule has 2 aromatic heterocycles. The number of rotatable bonds is 9. The van der Waals surface area contributed by atoms with Gasteiger partial charge in [-0.25, -0.2) is 0 Å². The second-order valence-corrected chi connectivity index (χ2v) is 16.1. The average Bonchev–Trinajstić information content (AvgIpc) is 3.95. The van der Waals surface area contributed by atoms with E-state index in [0.29, 0.717) is 0 Å². The molecule has 0 saturated heterocycles. The van der Waals surface area contributed by atoms with Gasteiger partial charge in [0, 0.05) is 66.8 Å². The van der Waals surface area contributed by atoms with Gasteiger partial charge in [-0.05, 0) is 107 Å². The van der Waals surface area contributed by atoms with Crippen LogP contribution in [0.5, 0.6) is 0 Å². The Morgan fingerprint density at radius 1 is 0.219 bits per heavy atom. The topological polar surface area (TPSA) is 32.8 Å². The Kier molecular flexibility index (Phi) is 9.12. The van der Waals surface area contributed by atoms with Gasteiger partial charge >= 0.3 is 0 Å². The Balaban J connectivity index is 0.835. The van der Waals surface area contributed by atoms with E-state index in [0.717, 1.165) is 111 Å². The fourth-order valence-corrected chi connectivity index (χ4v) is 9.18. The third-order valence-corrected chi connectivity index (χ3v) is 12.3. The molecule has 0 aliphatic carbocycles. The van der Waals surface area contributed by atoms with Gasteiger partial charge in [-0.15, -0.1) is 0 Å². The molecule has 0 amide bonds. The Morgan fingerprint density at radius 3 is 0.891 bits per heavy atom. The van der Waals surface area contributed by atoms with Crippen molar-refractivity contribution >= 4 is 78.0 Å². The van der Waals surface area contributed by atoms with Crippen LogP contribution in [0.25, 0.3) is 77.3 Å². The van der Waals surface area contributed by atoms with Crippen LogP contribution in [0.4, 0.5) is 34.1 Å². The summed E-state index contributed by atoms with van der Waals surface area (Å²) in [4.78, 5) is 4.61. The van der Waals surface area contributed by atoms with Gasteiger partial charge in [-0.2, -0.15) is 0 Å². The van der Waals surface area contributed by atoms with Gasteiger partial charge in [0.15, 0.2) is 0 Å². The summed E-state index contributed by atoms with van der Waals surface area (Å²) in [6, 6.07) is 85.6. The van der Waals surface area contributed by atoms with Gasteiger partial charge in [0.1, 0.15) is 22.3 Å². The number of nitrogens with zero attached hydrogens (tertiary/aromatic N) is 2. The standard InChI is InChI=1S/C60H40N2O2/c1-3-13-45(14-4-1)61(49-37-29-43(30-38-49)51-19-11-21-55-53-17-7-9-23-57(53)63-59(51)55)47-33-25-41(26-34-47)42-27-35-48(36-28-42)62(46-15-5-2-6-16-46)50-39-31-44(32-40-50)52-20-12-22-56-54-18-8-10-24-58(54)64-60(52)56/h1-40H. The van der Waals surface area contributed by atoms with Crippen LogP contribution < -0.4 is 9.80 Å². The molecule has 0 fully saturated rings. The molecular formula is C60H40N2O2. The van der Waals surface area contributed by atoms with Gasteiger partial charge in [0.2, 0.25) is 0 Å². The first kappa shape index (κ1) is 37.2. The molecule has 4 heteroatoms. The van der Waals surface area contributed by atoms with Crippen LogP contribution in [-0.4, -0.2) is 0 Å². The quantitative estimate of drug-likeness (QED) is 0.145. The zero-order valence-electron chi connectivity index (χ0n) is 34.8. The number of benzene rings is 10. The van der Waals surface area contributed by atoms with Crippen molar-refractivity contribution in [1.29, 1.82) is 0 Å². The van der Waals surface area contributed by atoms with Crippen LogP contribution in [0.1, 0.15) is 0 Å². The van der Waals surface area contributed by atoms with E-state index in [4.69, 9.17) is 8.83 Å². The SMILES string of the molecule is c1ccc(N(c2ccc(-c3ccc(N(c4ccccc4)c4ccc(-c5cccc6c5oc5ccccc56)cc4)cc3)cc2)c2ccc(-c3cccc4c3oc3ccccc34)cc2)cc1. The predicted octanol–water partition coefficient (Wildman–Crippen LogP) is 17.4. The maximum Gasteiger partial charge on any atom is 0.143 e. The lowest BCUT2D eigenvalue weighted by Crippen LogP contribution is -2.10. The molecule has 0 radical (unpaired) electrons. The summed E-state index contributed by atoms with van der Waals surface area (Å²) >= 11 is 0. The Morgan fingerprint density at radius 2 is 0.516 bits per heavy atom. The van der Waals surface area contributed by atoms with E-state index in [2.05, 4.69) is 228 Å². The van der Waals surface area contributed by atoms with E-state index in [9.17, 15) is 0 Å². The molecule has 302 valence electrons. The fourth-order valence-electron chi connectivity index (χ4n) is 9.18. The maximum atomic E-state index is 6.38. The highest BCUT2D eigenvalue weighted by molar-refractivity contribution is 6.10. The number of furan rings is 2. The zero-order chi connectivity index (χ0) is 42.4. The molecule has 64 heavy (non-hydrogen) atoms. The first-order chi connectivity index (χ1) is 31.7. The van der Waals surface area contributed by atoms with Crippen molar-refractivity contribution in [3.63, 3.8) is 0 Å². The maximum absolute atomic E-state index is 6.38. The fraction of sp³-hybridized carbons (Fsp3) is 0. The van der Waals surface area contributed by atoms with Crippen molar-refractivity contribution in [1.82, 2.24) is 0 Å². The van der Waals surface area contributed by atoms with Crippen molar-refractivity contribution in [3.05, 3.63) is 243 Å². The summed E-state index contributed by atoms with van der Waals surface area (Å²) in [5, 5.41) is 4.53. The van der Waals surface area contributed by atoms with Crippen LogP contribution in [0.2, 0.25) is 0 Å². The summed E-state index contributed by atoms with van der Waals surface area (Å²) in [5.41, 5.74) is 16.8. The first-order valence-electron chi connectivity index (χ1n) is 21.7. The van der Waals surface area contributed by atoms with Crippen LogP contribution in [0, 0.1) is 0 Å². The molecule has 12 aromatic rings. The van der Waals surface area contributed by atoms with Crippen molar-refractivity contribution in [2.24, 2.45) is 0 Å². The third kappa shape index (κ3) is 6.57. The van der Waals surface area contributed by atoms with E-state index in [1.165, 1.54) is 0 Å². The molecule has 0 spiro atoms. The van der Waals surface area contributed by atoms with Gasteiger partial charge in [-0.3, -0.25) is 0 Å². The van der Waals surface area contributed by atoms with Crippen LogP contribution in [-0.2, 0) is 0 Å². The highest BCUT2D eigenvalue weighted by Gasteiger charge is 2.18. The van der Waals surface area contributed by atoms with E-state index in [-0.39, 0.29) is 0 Å². The van der Waals surface area contributed by atoms with Gasteiger partial charge in [0.25, 0.3) is 0 Å². The largest absolute Gasteiger partial charge is 0.455 e. The molecular weight excluding hydrogens is 781 g/mol. The average molecular weight is 821 g/mol. The van der Waals surface area contributed by atoms with E-state index in [1.54, 1.807) is 0 Å². The first-order valence-corrected chi connectivity index (χ1v) is 21.7. The highest BCUT2D eigenvalue weighted by atomic mass is 16.3. The van der Waals surface area contributed by atoms with Crippen molar-refractivity contribution in [2.45, 2.75) is 0 Å².